The fourth-order valence-corrected chi connectivity index (χ4v) is 2.26. The molecule has 3 aromatic rings. The highest BCUT2D eigenvalue weighted by atomic mass is 16.6. The monoisotopic (exact) mass is 333 g/mol. The molecular formula is C18H11N3O4. The third kappa shape index (κ3) is 3.38. The van der Waals surface area contributed by atoms with Gasteiger partial charge in [0.05, 0.1) is 16.2 Å². The molecule has 0 aliphatic carbocycles. The summed E-state index contributed by atoms with van der Waals surface area (Å²) in [6.45, 7) is 0. The van der Waals surface area contributed by atoms with E-state index in [0.29, 0.717) is 22.6 Å². The Morgan fingerprint density at radius 2 is 1.92 bits per heavy atom. The van der Waals surface area contributed by atoms with E-state index in [9.17, 15) is 14.9 Å². The van der Waals surface area contributed by atoms with E-state index in [2.05, 4.69) is 5.32 Å². The molecule has 1 heterocycles. The van der Waals surface area contributed by atoms with Gasteiger partial charge in [-0.05, 0) is 24.3 Å². The summed E-state index contributed by atoms with van der Waals surface area (Å²) in [5.74, 6) is -0.143. The number of benzene rings is 2. The first-order valence-corrected chi connectivity index (χ1v) is 7.23. The molecule has 0 aliphatic rings. The van der Waals surface area contributed by atoms with Crippen molar-refractivity contribution in [2.24, 2.45) is 0 Å². The van der Waals surface area contributed by atoms with Gasteiger partial charge in [0.25, 0.3) is 11.6 Å². The van der Waals surface area contributed by atoms with Gasteiger partial charge in [-0.3, -0.25) is 14.9 Å². The summed E-state index contributed by atoms with van der Waals surface area (Å²) in [6, 6.07) is 17.6. The van der Waals surface area contributed by atoms with Crippen LogP contribution in [0.3, 0.4) is 0 Å². The highest BCUT2D eigenvalue weighted by molar-refractivity contribution is 6.03. The number of hydrogen-bond acceptors (Lipinski definition) is 5. The fraction of sp³-hybridized carbons (Fsp3) is 0. The molecule has 0 saturated heterocycles. The molecule has 0 radical (unpaired) electrons. The topological polar surface area (TPSA) is 109 Å². The first-order chi connectivity index (χ1) is 12.1. The van der Waals surface area contributed by atoms with Crippen LogP contribution >= 0.6 is 0 Å². The summed E-state index contributed by atoms with van der Waals surface area (Å²) in [6.07, 6.45) is 0. The van der Waals surface area contributed by atoms with Gasteiger partial charge in [-0.2, -0.15) is 5.26 Å². The minimum Gasteiger partial charge on any atom is -0.451 e. The second kappa shape index (κ2) is 6.68. The SMILES string of the molecule is N#Cc1ccccc1NC(=O)c1ccc(-c2cccc([N+](=O)[O-])c2)o1. The van der Waals surface area contributed by atoms with Crippen LogP contribution in [0.1, 0.15) is 16.1 Å². The van der Waals surface area contributed by atoms with Crippen molar-refractivity contribution in [1.29, 1.82) is 5.26 Å². The smallest absolute Gasteiger partial charge is 0.291 e. The maximum atomic E-state index is 12.3. The average Bonchev–Trinajstić information content (AvgIpc) is 3.12. The Morgan fingerprint density at radius 3 is 2.68 bits per heavy atom. The standard InChI is InChI=1S/C18H11N3O4/c19-11-13-4-1-2-7-15(13)20-18(22)17-9-8-16(25-17)12-5-3-6-14(10-12)21(23)24/h1-10H,(H,20,22). The van der Waals surface area contributed by atoms with Crippen molar-refractivity contribution in [2.45, 2.75) is 0 Å². The van der Waals surface area contributed by atoms with Crippen LogP contribution in [0.4, 0.5) is 11.4 Å². The molecule has 0 spiro atoms. The van der Waals surface area contributed by atoms with Crippen molar-refractivity contribution >= 4 is 17.3 Å². The number of furan rings is 1. The molecule has 1 N–H and O–H groups in total. The number of amides is 1. The number of nitrogens with one attached hydrogen (secondary N) is 1. The number of para-hydroxylation sites is 1. The Balaban J connectivity index is 1.84. The van der Waals surface area contributed by atoms with Gasteiger partial charge in [0.2, 0.25) is 0 Å². The first-order valence-electron chi connectivity index (χ1n) is 7.23. The molecule has 0 bridgehead atoms. The van der Waals surface area contributed by atoms with Gasteiger partial charge in [0.1, 0.15) is 11.8 Å². The van der Waals surface area contributed by atoms with Crippen LogP contribution < -0.4 is 5.32 Å². The van der Waals surface area contributed by atoms with E-state index < -0.39 is 10.8 Å². The number of nitrogens with zero attached hydrogens (tertiary/aromatic N) is 2. The highest BCUT2D eigenvalue weighted by Gasteiger charge is 2.15. The van der Waals surface area contributed by atoms with Crippen LogP contribution in [0.5, 0.6) is 0 Å². The molecule has 0 fully saturated rings. The summed E-state index contributed by atoms with van der Waals surface area (Å²) in [4.78, 5) is 22.6. The van der Waals surface area contributed by atoms with Crippen LogP contribution in [0.15, 0.2) is 65.1 Å². The van der Waals surface area contributed by atoms with Crippen LogP contribution in [0.25, 0.3) is 11.3 Å². The Hall–Kier alpha value is -3.92. The molecule has 3 rings (SSSR count). The number of carbonyl (C=O) groups is 1. The molecule has 7 heteroatoms. The first kappa shape index (κ1) is 16.0. The molecule has 7 nitrogen and oxygen atoms in total. The molecule has 0 unspecified atom stereocenters. The quantitative estimate of drug-likeness (QED) is 0.573. The summed E-state index contributed by atoms with van der Waals surface area (Å²) in [5, 5.41) is 22.5. The summed E-state index contributed by atoms with van der Waals surface area (Å²) in [5.41, 5.74) is 1.14. The zero-order valence-corrected chi connectivity index (χ0v) is 12.8. The number of hydrogen-bond donors (Lipinski definition) is 1. The van der Waals surface area contributed by atoms with Gasteiger partial charge >= 0.3 is 0 Å². The van der Waals surface area contributed by atoms with Gasteiger partial charge in [0, 0.05) is 17.7 Å². The van der Waals surface area contributed by atoms with Gasteiger partial charge in [-0.25, -0.2) is 0 Å². The van der Waals surface area contributed by atoms with Gasteiger partial charge < -0.3 is 9.73 Å². The highest BCUT2D eigenvalue weighted by Crippen LogP contribution is 2.26. The Morgan fingerprint density at radius 1 is 1.12 bits per heavy atom. The van der Waals surface area contributed by atoms with Crippen molar-refractivity contribution in [3.63, 3.8) is 0 Å². The lowest BCUT2D eigenvalue weighted by atomic mass is 10.1. The van der Waals surface area contributed by atoms with Gasteiger partial charge in [0.15, 0.2) is 5.76 Å². The molecular weight excluding hydrogens is 322 g/mol. The molecule has 25 heavy (non-hydrogen) atoms. The molecule has 1 amide bonds. The zero-order chi connectivity index (χ0) is 17.8. The predicted molar refractivity (Wildman–Crippen MR) is 89.9 cm³/mol. The number of nitriles is 1. The lowest BCUT2D eigenvalue weighted by Crippen LogP contribution is -2.11. The third-order valence-corrected chi connectivity index (χ3v) is 3.47. The Labute approximate surface area is 142 Å². The fourth-order valence-electron chi connectivity index (χ4n) is 2.26. The van der Waals surface area contributed by atoms with Crippen LogP contribution in [-0.2, 0) is 0 Å². The molecule has 0 atom stereocenters. The number of nitro groups is 1. The van der Waals surface area contributed by atoms with E-state index in [1.54, 1.807) is 42.5 Å². The second-order valence-electron chi connectivity index (χ2n) is 5.08. The predicted octanol–water partition coefficient (Wildman–Crippen LogP) is 3.98. The normalized spacial score (nSPS) is 10.0. The van der Waals surface area contributed by atoms with E-state index in [0.717, 1.165) is 0 Å². The lowest BCUT2D eigenvalue weighted by molar-refractivity contribution is -0.384. The van der Waals surface area contributed by atoms with Crippen molar-refractivity contribution in [3.8, 4) is 17.4 Å². The van der Waals surface area contributed by atoms with E-state index in [4.69, 9.17) is 9.68 Å². The summed E-state index contributed by atoms with van der Waals surface area (Å²) in [7, 11) is 0. The van der Waals surface area contributed by atoms with E-state index in [-0.39, 0.29) is 11.4 Å². The van der Waals surface area contributed by atoms with E-state index >= 15 is 0 Å². The van der Waals surface area contributed by atoms with Crippen molar-refractivity contribution < 1.29 is 14.1 Å². The Kier molecular flexibility index (Phi) is 4.26. The maximum absolute atomic E-state index is 12.3. The molecule has 1 aromatic heterocycles. The minimum absolute atomic E-state index is 0.0363. The molecule has 0 saturated carbocycles. The molecule has 0 aliphatic heterocycles. The zero-order valence-electron chi connectivity index (χ0n) is 12.8. The number of carbonyl (C=O) groups excluding carboxylic acids is 1. The summed E-state index contributed by atoms with van der Waals surface area (Å²) >= 11 is 0. The number of non-ortho nitro benzene ring substituents is 1. The number of nitro benzene ring substituents is 1. The largest absolute Gasteiger partial charge is 0.451 e. The minimum atomic E-state index is -0.514. The lowest BCUT2D eigenvalue weighted by Gasteiger charge is -2.04. The number of anilines is 1. The number of rotatable bonds is 4. The molecule has 122 valence electrons. The van der Waals surface area contributed by atoms with Crippen LogP contribution in [0.2, 0.25) is 0 Å². The van der Waals surface area contributed by atoms with Crippen molar-refractivity contribution in [1.82, 2.24) is 0 Å². The maximum Gasteiger partial charge on any atom is 0.291 e. The van der Waals surface area contributed by atoms with Crippen molar-refractivity contribution in [2.75, 3.05) is 5.32 Å². The average molecular weight is 333 g/mol. The van der Waals surface area contributed by atoms with Crippen molar-refractivity contribution in [3.05, 3.63) is 82.1 Å². The van der Waals surface area contributed by atoms with E-state index in [1.165, 1.54) is 18.2 Å². The van der Waals surface area contributed by atoms with Crippen LogP contribution in [0, 0.1) is 21.4 Å². The van der Waals surface area contributed by atoms with Crippen LogP contribution in [-0.4, -0.2) is 10.8 Å². The van der Waals surface area contributed by atoms with Gasteiger partial charge in [-0.15, -0.1) is 0 Å². The molecule has 2 aromatic carbocycles. The van der Waals surface area contributed by atoms with E-state index in [1.807, 2.05) is 6.07 Å². The third-order valence-electron chi connectivity index (χ3n) is 3.47. The van der Waals surface area contributed by atoms with Gasteiger partial charge in [-0.1, -0.05) is 24.3 Å². The second-order valence-corrected chi connectivity index (χ2v) is 5.08. The summed E-state index contributed by atoms with van der Waals surface area (Å²) < 4.78 is 5.49. The Bertz CT molecular complexity index is 1000.